The van der Waals surface area contributed by atoms with Crippen LogP contribution in [-0.4, -0.2) is 18.1 Å². The van der Waals surface area contributed by atoms with Crippen LogP contribution in [0.4, 0.5) is 5.82 Å². The Morgan fingerprint density at radius 1 is 1.24 bits per heavy atom. The van der Waals surface area contributed by atoms with Crippen molar-refractivity contribution in [2.45, 2.75) is 32.9 Å². The predicted molar refractivity (Wildman–Crippen MR) is 87.5 cm³/mol. The molecule has 0 bridgehead atoms. The van der Waals surface area contributed by atoms with Crippen molar-refractivity contribution in [2.24, 2.45) is 0 Å². The number of aromatic nitrogens is 1. The predicted octanol–water partition coefficient (Wildman–Crippen LogP) is 3.31. The molecule has 3 rings (SSSR count). The van der Waals surface area contributed by atoms with Gasteiger partial charge < -0.3 is 10.2 Å². The molecule has 1 aliphatic rings. The van der Waals surface area contributed by atoms with Crippen LogP contribution >= 0.6 is 0 Å². The van der Waals surface area contributed by atoms with Gasteiger partial charge in [-0.1, -0.05) is 31.2 Å². The van der Waals surface area contributed by atoms with Gasteiger partial charge in [0.1, 0.15) is 5.82 Å². The number of pyridine rings is 1. The number of hydrogen-bond acceptors (Lipinski definition) is 3. The molecule has 1 aromatic heterocycles. The van der Waals surface area contributed by atoms with E-state index >= 15 is 0 Å². The third-order valence-electron chi connectivity index (χ3n) is 4.23. The minimum absolute atomic E-state index is 0.369. The average molecular weight is 281 g/mol. The van der Waals surface area contributed by atoms with Crippen LogP contribution in [-0.2, 0) is 13.0 Å². The van der Waals surface area contributed by atoms with Gasteiger partial charge in [-0.25, -0.2) is 4.98 Å². The Hall–Kier alpha value is -1.87. The lowest BCUT2D eigenvalue weighted by Gasteiger charge is -2.30. The molecule has 1 unspecified atom stereocenters. The first-order chi connectivity index (χ1) is 10.3. The molecule has 1 atom stereocenters. The van der Waals surface area contributed by atoms with Crippen molar-refractivity contribution >= 4 is 5.82 Å². The number of anilines is 1. The fraction of sp³-hybridized carbons (Fsp3) is 0.389. The highest BCUT2D eigenvalue weighted by Crippen LogP contribution is 2.24. The molecule has 0 saturated heterocycles. The van der Waals surface area contributed by atoms with E-state index < -0.39 is 0 Å². The standard InChI is InChI=1S/C18H23N3/c1-3-19-14(2)16-8-10-20-18(12-16)21-11-9-15-6-4-5-7-17(15)13-21/h4-8,10,12,14,19H,3,9,11,13H2,1-2H3. The van der Waals surface area contributed by atoms with Gasteiger partial charge in [-0.05, 0) is 48.7 Å². The quantitative estimate of drug-likeness (QED) is 0.932. The molecular weight excluding hydrogens is 258 g/mol. The molecule has 3 nitrogen and oxygen atoms in total. The molecule has 0 amide bonds. The molecule has 0 spiro atoms. The van der Waals surface area contributed by atoms with Crippen LogP contribution in [0.2, 0.25) is 0 Å². The summed E-state index contributed by atoms with van der Waals surface area (Å²) >= 11 is 0. The molecule has 0 fully saturated rings. The smallest absolute Gasteiger partial charge is 0.129 e. The molecule has 0 saturated carbocycles. The summed E-state index contributed by atoms with van der Waals surface area (Å²) in [6, 6.07) is 13.4. The van der Waals surface area contributed by atoms with E-state index in [0.29, 0.717) is 6.04 Å². The molecule has 0 radical (unpaired) electrons. The summed E-state index contributed by atoms with van der Waals surface area (Å²) in [7, 11) is 0. The summed E-state index contributed by atoms with van der Waals surface area (Å²) in [5.41, 5.74) is 4.21. The zero-order chi connectivity index (χ0) is 14.7. The van der Waals surface area contributed by atoms with Gasteiger partial charge >= 0.3 is 0 Å². The highest BCUT2D eigenvalue weighted by atomic mass is 15.2. The van der Waals surface area contributed by atoms with E-state index in [-0.39, 0.29) is 0 Å². The van der Waals surface area contributed by atoms with E-state index in [1.54, 1.807) is 0 Å². The second-order valence-corrected chi connectivity index (χ2v) is 5.67. The van der Waals surface area contributed by atoms with Crippen LogP contribution in [0.25, 0.3) is 0 Å². The molecule has 1 N–H and O–H groups in total. The Labute approximate surface area is 127 Å². The van der Waals surface area contributed by atoms with E-state index in [1.165, 1.54) is 16.7 Å². The van der Waals surface area contributed by atoms with Gasteiger partial charge in [0.05, 0.1) is 0 Å². The molecule has 0 aliphatic carbocycles. The first-order valence-corrected chi connectivity index (χ1v) is 7.79. The molecule has 3 heteroatoms. The molecule has 21 heavy (non-hydrogen) atoms. The highest BCUT2D eigenvalue weighted by molar-refractivity contribution is 5.46. The summed E-state index contributed by atoms with van der Waals surface area (Å²) in [6.07, 6.45) is 3.03. The largest absolute Gasteiger partial charge is 0.352 e. The highest BCUT2D eigenvalue weighted by Gasteiger charge is 2.17. The third-order valence-corrected chi connectivity index (χ3v) is 4.23. The molecular formula is C18H23N3. The molecule has 1 aliphatic heterocycles. The van der Waals surface area contributed by atoms with Crippen LogP contribution in [0.5, 0.6) is 0 Å². The van der Waals surface area contributed by atoms with Gasteiger partial charge in [-0.15, -0.1) is 0 Å². The second-order valence-electron chi connectivity index (χ2n) is 5.67. The topological polar surface area (TPSA) is 28.2 Å². The number of rotatable bonds is 4. The molecule has 1 aromatic carbocycles. The zero-order valence-electron chi connectivity index (χ0n) is 12.8. The van der Waals surface area contributed by atoms with Crippen LogP contribution in [0, 0.1) is 0 Å². The lowest BCUT2D eigenvalue weighted by molar-refractivity contribution is 0.596. The van der Waals surface area contributed by atoms with Crippen molar-refractivity contribution in [1.29, 1.82) is 0 Å². The maximum Gasteiger partial charge on any atom is 0.129 e. The first kappa shape index (κ1) is 14.1. The summed E-state index contributed by atoms with van der Waals surface area (Å²) in [4.78, 5) is 6.96. The Balaban J connectivity index is 1.80. The van der Waals surface area contributed by atoms with E-state index in [2.05, 4.69) is 65.4 Å². The Kier molecular flexibility index (Phi) is 4.20. The number of hydrogen-bond donors (Lipinski definition) is 1. The Bertz CT molecular complexity index is 609. The Morgan fingerprint density at radius 2 is 2.05 bits per heavy atom. The van der Waals surface area contributed by atoms with Crippen molar-refractivity contribution in [3.8, 4) is 0 Å². The number of nitrogens with zero attached hydrogens (tertiary/aromatic N) is 2. The van der Waals surface area contributed by atoms with Crippen LogP contribution < -0.4 is 10.2 Å². The minimum atomic E-state index is 0.369. The minimum Gasteiger partial charge on any atom is -0.352 e. The van der Waals surface area contributed by atoms with E-state index in [1.807, 2.05) is 6.20 Å². The van der Waals surface area contributed by atoms with Gasteiger partial charge in [-0.2, -0.15) is 0 Å². The van der Waals surface area contributed by atoms with Gasteiger partial charge in [0.15, 0.2) is 0 Å². The van der Waals surface area contributed by atoms with Gasteiger partial charge in [0.25, 0.3) is 0 Å². The van der Waals surface area contributed by atoms with E-state index in [0.717, 1.165) is 31.9 Å². The zero-order valence-corrected chi connectivity index (χ0v) is 12.8. The Morgan fingerprint density at radius 3 is 2.86 bits per heavy atom. The van der Waals surface area contributed by atoms with Crippen LogP contribution in [0.3, 0.4) is 0 Å². The SMILES string of the molecule is CCNC(C)c1ccnc(N2CCc3ccccc3C2)c1. The van der Waals surface area contributed by atoms with Gasteiger partial charge in [-0.3, -0.25) is 0 Å². The number of nitrogens with one attached hydrogen (secondary N) is 1. The van der Waals surface area contributed by atoms with Gasteiger partial charge in [0.2, 0.25) is 0 Å². The summed E-state index contributed by atoms with van der Waals surface area (Å²) in [6.45, 7) is 7.33. The van der Waals surface area contributed by atoms with Crippen molar-refractivity contribution in [2.75, 3.05) is 18.0 Å². The maximum atomic E-state index is 4.58. The van der Waals surface area contributed by atoms with Crippen molar-refractivity contribution < 1.29 is 0 Å². The maximum absolute atomic E-state index is 4.58. The van der Waals surface area contributed by atoms with Crippen molar-refractivity contribution in [3.63, 3.8) is 0 Å². The first-order valence-electron chi connectivity index (χ1n) is 7.79. The summed E-state index contributed by atoms with van der Waals surface area (Å²) in [5, 5.41) is 3.46. The second kappa shape index (κ2) is 6.27. The van der Waals surface area contributed by atoms with E-state index in [4.69, 9.17) is 0 Å². The molecule has 2 aromatic rings. The third kappa shape index (κ3) is 3.08. The number of benzene rings is 1. The fourth-order valence-corrected chi connectivity index (χ4v) is 2.99. The normalized spacial score (nSPS) is 15.6. The van der Waals surface area contributed by atoms with Crippen LogP contribution in [0.15, 0.2) is 42.6 Å². The molecule has 110 valence electrons. The monoisotopic (exact) mass is 281 g/mol. The summed E-state index contributed by atoms with van der Waals surface area (Å²) < 4.78 is 0. The van der Waals surface area contributed by atoms with Gasteiger partial charge in [0, 0.05) is 25.3 Å². The molecule has 2 heterocycles. The fourth-order valence-electron chi connectivity index (χ4n) is 2.99. The number of fused-ring (bicyclic) bond motifs is 1. The lowest BCUT2D eigenvalue weighted by atomic mass is 10.00. The van der Waals surface area contributed by atoms with Crippen molar-refractivity contribution in [3.05, 3.63) is 59.3 Å². The van der Waals surface area contributed by atoms with Crippen molar-refractivity contribution in [1.82, 2.24) is 10.3 Å². The average Bonchev–Trinajstić information content (AvgIpc) is 2.55. The lowest BCUT2D eigenvalue weighted by Crippen LogP contribution is -2.31. The van der Waals surface area contributed by atoms with Crippen LogP contribution in [0.1, 0.15) is 36.6 Å². The van der Waals surface area contributed by atoms with E-state index in [9.17, 15) is 0 Å². The summed E-state index contributed by atoms with van der Waals surface area (Å²) in [5.74, 6) is 1.09.